The number of halogens is 7. The molecule has 10 heteroatoms. The third-order valence-corrected chi connectivity index (χ3v) is 4.32. The van der Waals surface area contributed by atoms with Gasteiger partial charge >= 0.3 is 12.4 Å². The first-order valence-electron chi connectivity index (χ1n) is 6.50. The molecule has 2 aromatic rings. The second-order valence-corrected chi connectivity index (χ2v) is 6.05. The summed E-state index contributed by atoms with van der Waals surface area (Å²) < 4.78 is 90.0. The summed E-state index contributed by atoms with van der Waals surface area (Å²) in [6.07, 6.45) is -9.09. The van der Waals surface area contributed by atoms with Gasteiger partial charge in [0.25, 0.3) is 0 Å². The van der Waals surface area contributed by atoms with Crippen molar-refractivity contribution in [1.29, 1.82) is 0 Å². The van der Waals surface area contributed by atoms with Crippen LogP contribution in [0.1, 0.15) is 11.3 Å². The van der Waals surface area contributed by atoms with Crippen LogP contribution in [0.15, 0.2) is 23.1 Å². The molecule has 0 spiro atoms. The van der Waals surface area contributed by atoms with E-state index in [1.807, 2.05) is 0 Å². The molecule has 0 saturated heterocycles. The second-order valence-electron chi connectivity index (χ2n) is 5.04. The zero-order chi connectivity index (χ0) is 18.3. The van der Waals surface area contributed by atoms with Crippen molar-refractivity contribution in [3.05, 3.63) is 35.3 Å². The molecule has 24 heavy (non-hydrogen) atoms. The van der Waals surface area contributed by atoms with Gasteiger partial charge in [-0.3, -0.25) is 4.68 Å². The number of rotatable bonds is 3. The van der Waals surface area contributed by atoms with Gasteiger partial charge in [0.2, 0.25) is 0 Å². The fourth-order valence-corrected chi connectivity index (χ4v) is 2.84. The Balaban J connectivity index is 2.44. The SMILES string of the molecule is Cc1cc(F)c(-c2cc(C(F)(F)F)n(C)n2)cc1SCC(F)(F)F. The summed E-state index contributed by atoms with van der Waals surface area (Å²) in [5.41, 5.74) is -1.40. The van der Waals surface area contributed by atoms with Gasteiger partial charge in [-0.1, -0.05) is 0 Å². The molecule has 0 radical (unpaired) electrons. The van der Waals surface area contributed by atoms with Crippen molar-refractivity contribution in [3.8, 4) is 11.3 Å². The molecule has 0 saturated carbocycles. The minimum atomic E-state index is -4.67. The number of aromatic nitrogens is 2. The van der Waals surface area contributed by atoms with E-state index >= 15 is 0 Å². The number of thioether (sulfide) groups is 1. The van der Waals surface area contributed by atoms with Gasteiger partial charge in [0.15, 0.2) is 0 Å². The van der Waals surface area contributed by atoms with Crippen LogP contribution >= 0.6 is 11.8 Å². The van der Waals surface area contributed by atoms with E-state index in [1.165, 1.54) is 6.92 Å². The maximum atomic E-state index is 14.1. The predicted octanol–water partition coefficient (Wildman–Crippen LogP) is 5.21. The summed E-state index contributed by atoms with van der Waals surface area (Å²) in [6, 6.07) is 2.73. The Morgan fingerprint density at radius 1 is 1.08 bits per heavy atom. The average Bonchev–Trinajstić information content (AvgIpc) is 2.78. The van der Waals surface area contributed by atoms with Gasteiger partial charge in [-0.25, -0.2) is 4.39 Å². The van der Waals surface area contributed by atoms with Crippen LogP contribution in [0.3, 0.4) is 0 Å². The van der Waals surface area contributed by atoms with Gasteiger partial charge < -0.3 is 0 Å². The molecule has 0 aliphatic rings. The van der Waals surface area contributed by atoms with Crippen LogP contribution in [0.25, 0.3) is 11.3 Å². The van der Waals surface area contributed by atoms with Crippen LogP contribution in [0.4, 0.5) is 30.7 Å². The van der Waals surface area contributed by atoms with Crippen LogP contribution in [-0.2, 0) is 13.2 Å². The zero-order valence-corrected chi connectivity index (χ0v) is 13.2. The minimum Gasteiger partial charge on any atom is -0.263 e. The van der Waals surface area contributed by atoms with Gasteiger partial charge in [0.1, 0.15) is 11.5 Å². The van der Waals surface area contributed by atoms with Crippen molar-refractivity contribution in [2.24, 2.45) is 7.05 Å². The molecule has 0 amide bonds. The molecule has 0 N–H and O–H groups in total. The lowest BCUT2D eigenvalue weighted by Gasteiger charge is -2.10. The third kappa shape index (κ3) is 4.22. The quantitative estimate of drug-likeness (QED) is 0.544. The summed E-state index contributed by atoms with van der Waals surface area (Å²) in [6.45, 7) is 1.42. The molecule has 0 unspecified atom stereocenters. The molecular formula is C14H11F7N2S. The molecular weight excluding hydrogens is 361 g/mol. The number of hydrogen-bond donors (Lipinski definition) is 0. The lowest BCUT2D eigenvalue weighted by atomic mass is 10.1. The Bertz CT molecular complexity index is 747. The smallest absolute Gasteiger partial charge is 0.263 e. The summed E-state index contributed by atoms with van der Waals surface area (Å²) in [4.78, 5) is 0.128. The van der Waals surface area contributed by atoms with Crippen LogP contribution in [0, 0.1) is 12.7 Å². The van der Waals surface area contributed by atoms with E-state index in [4.69, 9.17) is 0 Å². The zero-order valence-electron chi connectivity index (χ0n) is 12.4. The fraction of sp³-hybridized carbons (Fsp3) is 0.357. The number of benzene rings is 1. The first kappa shape index (κ1) is 18.6. The molecule has 132 valence electrons. The van der Waals surface area contributed by atoms with Crippen LogP contribution < -0.4 is 0 Å². The fourth-order valence-electron chi connectivity index (χ4n) is 2.03. The molecule has 0 fully saturated rings. The van der Waals surface area contributed by atoms with Gasteiger partial charge in [-0.2, -0.15) is 31.4 Å². The van der Waals surface area contributed by atoms with Gasteiger partial charge in [-0.15, -0.1) is 11.8 Å². The highest BCUT2D eigenvalue weighted by molar-refractivity contribution is 7.99. The monoisotopic (exact) mass is 372 g/mol. The van der Waals surface area contributed by atoms with Gasteiger partial charge in [-0.05, 0) is 30.7 Å². The standard InChI is InChI=1S/C14H11F7N2S/c1-7-3-9(15)8(4-11(7)24-6-13(16,17)18)10-5-12(14(19,20)21)23(2)22-10/h3-5H,6H2,1-2H3. The van der Waals surface area contributed by atoms with Crippen LogP contribution in [-0.4, -0.2) is 21.7 Å². The first-order chi connectivity index (χ1) is 10.9. The van der Waals surface area contributed by atoms with Gasteiger partial charge in [0, 0.05) is 17.5 Å². The molecule has 1 heterocycles. The van der Waals surface area contributed by atoms with Crippen molar-refractivity contribution in [2.75, 3.05) is 5.75 Å². The van der Waals surface area contributed by atoms with Gasteiger partial charge in [0.05, 0.1) is 11.4 Å². The lowest BCUT2D eigenvalue weighted by molar-refractivity contribution is -0.143. The molecule has 0 bridgehead atoms. The Hall–Kier alpha value is -1.71. The molecule has 0 atom stereocenters. The predicted molar refractivity (Wildman–Crippen MR) is 75.1 cm³/mol. The molecule has 0 aliphatic heterocycles. The van der Waals surface area contributed by atoms with Crippen molar-refractivity contribution in [1.82, 2.24) is 9.78 Å². The van der Waals surface area contributed by atoms with E-state index in [9.17, 15) is 30.7 Å². The summed E-state index contributed by atoms with van der Waals surface area (Å²) >= 11 is 0.440. The lowest BCUT2D eigenvalue weighted by Crippen LogP contribution is -2.11. The van der Waals surface area contributed by atoms with Crippen molar-refractivity contribution >= 4 is 11.8 Å². The van der Waals surface area contributed by atoms with Crippen molar-refractivity contribution in [3.63, 3.8) is 0 Å². The highest BCUT2D eigenvalue weighted by Gasteiger charge is 2.35. The highest BCUT2D eigenvalue weighted by Crippen LogP contribution is 2.36. The Kier molecular flexibility index (Phi) is 4.89. The second kappa shape index (κ2) is 6.30. The normalized spacial score (nSPS) is 12.7. The van der Waals surface area contributed by atoms with E-state index in [0.29, 0.717) is 22.5 Å². The van der Waals surface area contributed by atoms with Crippen LogP contribution in [0.2, 0.25) is 0 Å². The Morgan fingerprint density at radius 2 is 1.71 bits per heavy atom. The maximum Gasteiger partial charge on any atom is 0.433 e. The number of alkyl halides is 6. The molecule has 1 aromatic heterocycles. The van der Waals surface area contributed by atoms with E-state index < -0.39 is 29.6 Å². The first-order valence-corrected chi connectivity index (χ1v) is 7.48. The number of nitrogens with zero attached hydrogens (tertiary/aromatic N) is 2. The van der Waals surface area contributed by atoms with E-state index in [1.54, 1.807) is 0 Å². The molecule has 1 aromatic carbocycles. The van der Waals surface area contributed by atoms with Crippen LogP contribution in [0.5, 0.6) is 0 Å². The molecule has 0 aliphatic carbocycles. The Morgan fingerprint density at radius 3 is 2.21 bits per heavy atom. The summed E-state index contributed by atoms with van der Waals surface area (Å²) in [7, 11) is 1.05. The largest absolute Gasteiger partial charge is 0.433 e. The van der Waals surface area contributed by atoms with E-state index in [-0.39, 0.29) is 21.7 Å². The number of hydrogen-bond acceptors (Lipinski definition) is 2. The maximum absolute atomic E-state index is 14.1. The molecule has 2 rings (SSSR count). The van der Waals surface area contributed by atoms with Crippen molar-refractivity contribution < 1.29 is 30.7 Å². The summed E-state index contributed by atoms with van der Waals surface area (Å²) in [5, 5.41) is 3.61. The van der Waals surface area contributed by atoms with Crippen molar-refractivity contribution in [2.45, 2.75) is 24.2 Å². The van der Waals surface area contributed by atoms with E-state index in [0.717, 1.165) is 19.2 Å². The average molecular weight is 372 g/mol. The van der Waals surface area contributed by atoms with E-state index in [2.05, 4.69) is 5.10 Å². The highest BCUT2D eigenvalue weighted by atomic mass is 32.2. The molecule has 2 nitrogen and oxygen atoms in total. The Labute approximate surface area is 136 Å². The minimum absolute atomic E-state index is 0.128. The topological polar surface area (TPSA) is 17.8 Å². The number of aryl methyl sites for hydroxylation is 2. The summed E-state index contributed by atoms with van der Waals surface area (Å²) in [5.74, 6) is -2.04. The third-order valence-electron chi connectivity index (χ3n) is 3.10.